The van der Waals surface area contributed by atoms with Crippen molar-refractivity contribution < 1.29 is 22.7 Å². The number of esters is 1. The molecule has 0 unspecified atom stereocenters. The third-order valence-electron chi connectivity index (χ3n) is 2.34. The van der Waals surface area contributed by atoms with E-state index in [1.165, 1.54) is 6.92 Å². The van der Waals surface area contributed by atoms with Crippen LogP contribution in [0.4, 0.5) is 13.2 Å². The van der Waals surface area contributed by atoms with E-state index in [9.17, 15) is 18.0 Å². The van der Waals surface area contributed by atoms with Gasteiger partial charge in [0.2, 0.25) is 0 Å². The van der Waals surface area contributed by atoms with Crippen LogP contribution in [0.25, 0.3) is 0 Å². The minimum Gasteiger partial charge on any atom is -0.462 e. The molecule has 1 rings (SSSR count). The van der Waals surface area contributed by atoms with Crippen molar-refractivity contribution in [1.82, 2.24) is 4.98 Å². The summed E-state index contributed by atoms with van der Waals surface area (Å²) in [6, 6.07) is 0.866. The van der Waals surface area contributed by atoms with E-state index >= 15 is 0 Å². The number of ether oxygens (including phenoxy) is 1. The quantitative estimate of drug-likeness (QED) is 0.784. The Labute approximate surface area is 103 Å². The van der Waals surface area contributed by atoms with Gasteiger partial charge in [-0.05, 0) is 26.3 Å². The van der Waals surface area contributed by atoms with Crippen LogP contribution < -0.4 is 0 Å². The van der Waals surface area contributed by atoms with Crippen molar-refractivity contribution in [3.8, 4) is 0 Å². The Hall–Kier alpha value is -1.59. The van der Waals surface area contributed by atoms with Gasteiger partial charge in [0.15, 0.2) is 0 Å². The standard InChI is InChI=1S/C12H14F3NO2/c1-4-9-10(11(17)18-5-2)8(12(13,14)15)6-7(3)16-9/h6H,4-5H2,1-3H3. The summed E-state index contributed by atoms with van der Waals surface area (Å²) in [6.07, 6.45) is -4.36. The smallest absolute Gasteiger partial charge is 0.417 e. The molecule has 0 N–H and O–H groups in total. The molecule has 100 valence electrons. The van der Waals surface area contributed by atoms with Gasteiger partial charge in [0.1, 0.15) is 0 Å². The first kappa shape index (κ1) is 14.5. The summed E-state index contributed by atoms with van der Waals surface area (Å²) < 4.78 is 43.4. The van der Waals surface area contributed by atoms with E-state index in [1.54, 1.807) is 13.8 Å². The third kappa shape index (κ3) is 3.00. The Kier molecular flexibility index (Phi) is 4.32. The molecule has 0 aromatic carbocycles. The fraction of sp³-hybridized carbons (Fsp3) is 0.500. The molecule has 0 aliphatic rings. The molecule has 0 aliphatic heterocycles. The molecule has 0 saturated heterocycles. The van der Waals surface area contributed by atoms with Gasteiger partial charge in [-0.3, -0.25) is 4.98 Å². The Morgan fingerprint density at radius 3 is 2.44 bits per heavy atom. The predicted molar refractivity (Wildman–Crippen MR) is 59.3 cm³/mol. The minimum absolute atomic E-state index is 0.0210. The zero-order valence-corrected chi connectivity index (χ0v) is 10.4. The van der Waals surface area contributed by atoms with Crippen molar-refractivity contribution in [3.63, 3.8) is 0 Å². The van der Waals surface area contributed by atoms with Crippen LogP contribution in [0.15, 0.2) is 6.07 Å². The van der Waals surface area contributed by atoms with Crippen LogP contribution in [-0.2, 0) is 17.3 Å². The molecule has 6 heteroatoms. The molecule has 0 saturated carbocycles. The topological polar surface area (TPSA) is 39.2 Å². The molecule has 0 bridgehead atoms. The number of hydrogen-bond donors (Lipinski definition) is 0. The lowest BCUT2D eigenvalue weighted by atomic mass is 10.0. The Morgan fingerprint density at radius 2 is 2.00 bits per heavy atom. The number of carbonyl (C=O) groups excluding carboxylic acids is 1. The van der Waals surface area contributed by atoms with Gasteiger partial charge in [-0.25, -0.2) is 4.79 Å². The van der Waals surface area contributed by atoms with E-state index in [1.807, 2.05) is 0 Å². The number of aromatic nitrogens is 1. The highest BCUT2D eigenvalue weighted by Crippen LogP contribution is 2.34. The Morgan fingerprint density at radius 1 is 1.39 bits per heavy atom. The summed E-state index contributed by atoms with van der Waals surface area (Å²) in [5.74, 6) is -0.978. The largest absolute Gasteiger partial charge is 0.462 e. The first-order chi connectivity index (χ1) is 8.31. The number of rotatable bonds is 3. The zero-order valence-electron chi connectivity index (χ0n) is 10.4. The van der Waals surface area contributed by atoms with E-state index < -0.39 is 23.3 Å². The summed E-state index contributed by atoms with van der Waals surface area (Å²) in [5, 5.41) is 0. The van der Waals surface area contributed by atoms with Gasteiger partial charge in [-0.15, -0.1) is 0 Å². The maximum atomic E-state index is 12.9. The molecule has 1 aromatic rings. The van der Waals surface area contributed by atoms with Crippen LogP contribution in [-0.4, -0.2) is 17.6 Å². The highest BCUT2D eigenvalue weighted by Gasteiger charge is 2.37. The molecule has 1 heterocycles. The maximum Gasteiger partial charge on any atom is 0.417 e. The number of carbonyl (C=O) groups is 1. The van der Waals surface area contributed by atoms with Crippen molar-refractivity contribution in [2.75, 3.05) is 6.61 Å². The summed E-state index contributed by atoms with van der Waals surface area (Å²) in [6.45, 7) is 4.67. The summed E-state index contributed by atoms with van der Waals surface area (Å²) >= 11 is 0. The van der Waals surface area contributed by atoms with E-state index in [4.69, 9.17) is 0 Å². The molecule has 0 radical (unpaired) electrons. The van der Waals surface area contributed by atoms with Gasteiger partial charge in [0.25, 0.3) is 0 Å². The number of nitrogens with zero attached hydrogens (tertiary/aromatic N) is 1. The van der Waals surface area contributed by atoms with Crippen molar-refractivity contribution >= 4 is 5.97 Å². The Bertz CT molecular complexity index is 455. The monoisotopic (exact) mass is 261 g/mol. The lowest BCUT2D eigenvalue weighted by molar-refractivity contribution is -0.138. The number of aryl methyl sites for hydroxylation is 2. The van der Waals surface area contributed by atoms with Crippen LogP contribution in [0.5, 0.6) is 0 Å². The van der Waals surface area contributed by atoms with Gasteiger partial charge in [0.05, 0.1) is 23.4 Å². The van der Waals surface area contributed by atoms with Crippen LogP contribution in [0.2, 0.25) is 0 Å². The van der Waals surface area contributed by atoms with Crippen LogP contribution in [0.1, 0.15) is 41.2 Å². The molecular formula is C12H14F3NO2. The molecular weight excluding hydrogens is 247 g/mol. The first-order valence-corrected chi connectivity index (χ1v) is 5.56. The number of pyridine rings is 1. The van der Waals surface area contributed by atoms with Crippen LogP contribution in [0.3, 0.4) is 0 Å². The molecule has 1 aromatic heterocycles. The predicted octanol–water partition coefficient (Wildman–Crippen LogP) is 3.15. The molecule has 0 atom stereocenters. The number of alkyl halides is 3. The molecule has 0 fully saturated rings. The van der Waals surface area contributed by atoms with Crippen molar-refractivity contribution in [3.05, 3.63) is 28.6 Å². The average molecular weight is 261 g/mol. The van der Waals surface area contributed by atoms with E-state index in [-0.39, 0.29) is 24.4 Å². The molecule has 3 nitrogen and oxygen atoms in total. The molecule has 0 amide bonds. The van der Waals surface area contributed by atoms with Crippen LogP contribution in [0, 0.1) is 6.92 Å². The molecule has 0 spiro atoms. The fourth-order valence-corrected chi connectivity index (χ4v) is 1.65. The number of hydrogen-bond acceptors (Lipinski definition) is 3. The minimum atomic E-state index is -4.60. The SMILES string of the molecule is CCOC(=O)c1c(C(F)(F)F)cc(C)nc1CC. The second-order valence-electron chi connectivity index (χ2n) is 3.70. The summed E-state index contributed by atoms with van der Waals surface area (Å²) in [4.78, 5) is 15.6. The third-order valence-corrected chi connectivity index (χ3v) is 2.34. The van der Waals surface area contributed by atoms with Crippen molar-refractivity contribution in [2.45, 2.75) is 33.4 Å². The van der Waals surface area contributed by atoms with Crippen molar-refractivity contribution in [1.29, 1.82) is 0 Å². The van der Waals surface area contributed by atoms with Gasteiger partial charge >= 0.3 is 12.1 Å². The average Bonchev–Trinajstić information content (AvgIpc) is 2.26. The second-order valence-corrected chi connectivity index (χ2v) is 3.70. The van der Waals surface area contributed by atoms with E-state index in [2.05, 4.69) is 9.72 Å². The van der Waals surface area contributed by atoms with Gasteiger partial charge in [0, 0.05) is 5.69 Å². The van der Waals surface area contributed by atoms with Gasteiger partial charge < -0.3 is 4.74 Å². The van der Waals surface area contributed by atoms with Gasteiger partial charge in [-0.1, -0.05) is 6.92 Å². The van der Waals surface area contributed by atoms with Gasteiger partial charge in [-0.2, -0.15) is 13.2 Å². The zero-order chi connectivity index (χ0) is 13.9. The van der Waals surface area contributed by atoms with E-state index in [0.29, 0.717) is 0 Å². The molecule has 18 heavy (non-hydrogen) atoms. The Balaban J connectivity index is 3.48. The maximum absolute atomic E-state index is 12.9. The van der Waals surface area contributed by atoms with Crippen molar-refractivity contribution in [2.24, 2.45) is 0 Å². The normalized spacial score (nSPS) is 11.4. The first-order valence-electron chi connectivity index (χ1n) is 5.56. The van der Waals surface area contributed by atoms with E-state index in [0.717, 1.165) is 6.07 Å². The lowest BCUT2D eigenvalue weighted by Crippen LogP contribution is -2.19. The second kappa shape index (κ2) is 5.37. The van der Waals surface area contributed by atoms with Crippen LogP contribution >= 0.6 is 0 Å². The lowest BCUT2D eigenvalue weighted by Gasteiger charge is -2.15. The highest BCUT2D eigenvalue weighted by molar-refractivity contribution is 5.92. The fourth-order valence-electron chi connectivity index (χ4n) is 1.65. The highest BCUT2D eigenvalue weighted by atomic mass is 19.4. The summed E-state index contributed by atoms with van der Waals surface area (Å²) in [5.41, 5.74) is -1.12. The summed E-state index contributed by atoms with van der Waals surface area (Å²) in [7, 11) is 0. The molecule has 0 aliphatic carbocycles. The number of halogens is 3.